The van der Waals surface area contributed by atoms with Crippen LogP contribution in [0.3, 0.4) is 0 Å². The molecule has 84 valence electrons. The minimum Gasteiger partial charge on any atom is -0.497 e. The van der Waals surface area contributed by atoms with E-state index < -0.39 is 0 Å². The summed E-state index contributed by atoms with van der Waals surface area (Å²) in [6.45, 7) is 0. The Morgan fingerprint density at radius 3 is 2.62 bits per heavy atom. The molecular weight excluding hydrogens is 218 g/mol. The van der Waals surface area contributed by atoms with Gasteiger partial charge in [0.05, 0.1) is 18.6 Å². The lowest BCUT2D eigenvalue weighted by Crippen LogP contribution is -2.32. The van der Waals surface area contributed by atoms with Crippen LogP contribution in [0.25, 0.3) is 0 Å². The van der Waals surface area contributed by atoms with Gasteiger partial charge in [-0.3, -0.25) is 0 Å². The third-order valence-corrected chi connectivity index (χ3v) is 4.12. The zero-order chi connectivity index (χ0) is 11.6. The smallest absolute Gasteiger partial charge is 0.119 e. The van der Waals surface area contributed by atoms with Crippen LogP contribution in [0.15, 0.2) is 23.1 Å². The highest BCUT2D eigenvalue weighted by Crippen LogP contribution is 2.46. The molecule has 0 aromatic heterocycles. The molecule has 0 aliphatic heterocycles. The van der Waals surface area contributed by atoms with Gasteiger partial charge in [-0.05, 0) is 43.2 Å². The monoisotopic (exact) mass is 233 g/mol. The number of thioether (sulfide) groups is 1. The Morgan fingerprint density at radius 1 is 1.44 bits per heavy atom. The summed E-state index contributed by atoms with van der Waals surface area (Å²) in [4.78, 5) is 1.17. The summed E-state index contributed by atoms with van der Waals surface area (Å²) in [6.07, 6.45) is 5.18. The van der Waals surface area contributed by atoms with Crippen LogP contribution < -0.4 is 4.74 Å². The van der Waals surface area contributed by atoms with E-state index in [1.54, 1.807) is 18.9 Å². The number of rotatable bonds is 3. The van der Waals surface area contributed by atoms with Gasteiger partial charge >= 0.3 is 0 Å². The average molecular weight is 233 g/mol. The van der Waals surface area contributed by atoms with Crippen molar-refractivity contribution < 1.29 is 4.74 Å². The quantitative estimate of drug-likeness (QED) is 0.750. The number of methoxy groups -OCH3 is 1. The van der Waals surface area contributed by atoms with Gasteiger partial charge in [0, 0.05) is 4.90 Å². The number of nitrogens with zero attached hydrogens (tertiary/aromatic N) is 1. The molecular formula is C13H15NOS. The molecule has 1 aliphatic carbocycles. The number of benzene rings is 1. The zero-order valence-electron chi connectivity index (χ0n) is 9.62. The van der Waals surface area contributed by atoms with Crippen LogP contribution in [-0.4, -0.2) is 13.4 Å². The van der Waals surface area contributed by atoms with Gasteiger partial charge in [-0.25, -0.2) is 0 Å². The first-order valence-electron chi connectivity index (χ1n) is 5.39. The Morgan fingerprint density at radius 2 is 2.19 bits per heavy atom. The highest BCUT2D eigenvalue weighted by Gasteiger charge is 2.40. The predicted molar refractivity (Wildman–Crippen MR) is 65.9 cm³/mol. The van der Waals surface area contributed by atoms with E-state index >= 15 is 0 Å². The molecule has 0 heterocycles. The molecule has 0 radical (unpaired) electrons. The molecule has 0 saturated heterocycles. The lowest BCUT2D eigenvalue weighted by Gasteiger charge is -2.36. The van der Waals surface area contributed by atoms with Crippen molar-refractivity contribution in [3.63, 3.8) is 0 Å². The first kappa shape index (κ1) is 11.3. The van der Waals surface area contributed by atoms with Crippen molar-refractivity contribution in [3.8, 4) is 11.8 Å². The van der Waals surface area contributed by atoms with Crippen molar-refractivity contribution in [1.82, 2.24) is 0 Å². The van der Waals surface area contributed by atoms with Crippen molar-refractivity contribution in [2.75, 3.05) is 13.4 Å². The van der Waals surface area contributed by atoms with E-state index in [0.717, 1.165) is 25.0 Å². The minimum atomic E-state index is -0.232. The summed E-state index contributed by atoms with van der Waals surface area (Å²) in [5.41, 5.74) is 0.944. The van der Waals surface area contributed by atoms with Gasteiger partial charge < -0.3 is 4.74 Å². The van der Waals surface area contributed by atoms with E-state index in [1.807, 2.05) is 24.5 Å². The molecule has 0 N–H and O–H groups in total. The number of hydrogen-bond donors (Lipinski definition) is 0. The SMILES string of the molecule is COc1ccc(C2(C#N)CCC2)c(SC)c1. The van der Waals surface area contributed by atoms with E-state index in [-0.39, 0.29) is 5.41 Å². The van der Waals surface area contributed by atoms with E-state index in [1.165, 1.54) is 10.5 Å². The molecule has 1 aromatic carbocycles. The third-order valence-electron chi connectivity index (χ3n) is 3.35. The van der Waals surface area contributed by atoms with Crippen LogP contribution in [0, 0.1) is 11.3 Å². The Balaban J connectivity index is 2.45. The minimum absolute atomic E-state index is 0.232. The zero-order valence-corrected chi connectivity index (χ0v) is 10.4. The summed E-state index contributed by atoms with van der Waals surface area (Å²) < 4.78 is 5.21. The summed E-state index contributed by atoms with van der Waals surface area (Å²) >= 11 is 1.69. The lowest BCUT2D eigenvalue weighted by molar-refractivity contribution is 0.318. The van der Waals surface area contributed by atoms with E-state index in [4.69, 9.17) is 4.74 Å². The molecule has 2 rings (SSSR count). The molecule has 0 unspecified atom stereocenters. The Kier molecular flexibility index (Phi) is 3.11. The maximum Gasteiger partial charge on any atom is 0.119 e. The van der Waals surface area contributed by atoms with Gasteiger partial charge in [0.25, 0.3) is 0 Å². The Labute approximate surface area is 101 Å². The summed E-state index contributed by atoms with van der Waals surface area (Å²) in [5, 5.41) is 9.35. The molecule has 0 bridgehead atoms. The van der Waals surface area contributed by atoms with Gasteiger partial charge in [-0.15, -0.1) is 11.8 Å². The second-order valence-corrected chi connectivity index (χ2v) is 4.96. The summed E-state index contributed by atoms with van der Waals surface area (Å²) in [5.74, 6) is 0.862. The Hall–Kier alpha value is -1.14. The van der Waals surface area contributed by atoms with Crippen molar-refractivity contribution in [2.24, 2.45) is 0 Å². The number of nitriles is 1. The number of ether oxygens (including phenoxy) is 1. The highest BCUT2D eigenvalue weighted by molar-refractivity contribution is 7.98. The standard InChI is InChI=1S/C13H15NOS/c1-15-10-4-5-11(12(8-10)16-2)13(9-14)6-3-7-13/h4-5,8H,3,6-7H2,1-2H3. The largest absolute Gasteiger partial charge is 0.497 e. The highest BCUT2D eigenvalue weighted by atomic mass is 32.2. The van der Waals surface area contributed by atoms with Crippen LogP contribution in [0.5, 0.6) is 5.75 Å². The molecule has 1 aliphatic rings. The van der Waals surface area contributed by atoms with Crippen LogP contribution in [-0.2, 0) is 5.41 Å². The van der Waals surface area contributed by atoms with Gasteiger partial charge in [-0.2, -0.15) is 5.26 Å². The summed E-state index contributed by atoms with van der Waals surface area (Å²) in [7, 11) is 1.67. The van der Waals surface area contributed by atoms with E-state index in [2.05, 4.69) is 6.07 Å². The molecule has 0 amide bonds. The fourth-order valence-electron chi connectivity index (χ4n) is 2.17. The molecule has 1 aromatic rings. The molecule has 0 spiro atoms. The molecule has 1 fully saturated rings. The maximum atomic E-state index is 9.35. The van der Waals surface area contributed by atoms with Gasteiger partial charge in [-0.1, -0.05) is 6.07 Å². The van der Waals surface area contributed by atoms with Crippen LogP contribution in [0.2, 0.25) is 0 Å². The summed E-state index contributed by atoms with van der Waals surface area (Å²) in [6, 6.07) is 8.51. The number of hydrogen-bond acceptors (Lipinski definition) is 3. The molecule has 1 saturated carbocycles. The fourth-order valence-corrected chi connectivity index (χ4v) is 2.88. The Bertz CT molecular complexity index is 432. The van der Waals surface area contributed by atoms with Crippen molar-refractivity contribution in [2.45, 2.75) is 29.6 Å². The normalized spacial score (nSPS) is 17.3. The third kappa shape index (κ3) is 1.68. The van der Waals surface area contributed by atoms with Crippen LogP contribution in [0.4, 0.5) is 0 Å². The molecule has 16 heavy (non-hydrogen) atoms. The molecule has 2 nitrogen and oxygen atoms in total. The van der Waals surface area contributed by atoms with Crippen LogP contribution in [0.1, 0.15) is 24.8 Å². The first-order chi connectivity index (χ1) is 7.75. The predicted octanol–water partition coefficient (Wildman–Crippen LogP) is 3.36. The van der Waals surface area contributed by atoms with E-state index in [0.29, 0.717) is 0 Å². The van der Waals surface area contributed by atoms with Crippen molar-refractivity contribution in [3.05, 3.63) is 23.8 Å². The van der Waals surface area contributed by atoms with Crippen molar-refractivity contribution >= 4 is 11.8 Å². The average Bonchev–Trinajstić information content (AvgIpc) is 2.28. The fraction of sp³-hybridized carbons (Fsp3) is 0.462. The van der Waals surface area contributed by atoms with Gasteiger partial charge in [0.15, 0.2) is 0 Å². The van der Waals surface area contributed by atoms with Crippen LogP contribution >= 0.6 is 11.8 Å². The molecule has 0 atom stereocenters. The van der Waals surface area contributed by atoms with Gasteiger partial charge in [0.2, 0.25) is 0 Å². The lowest BCUT2D eigenvalue weighted by atomic mass is 9.65. The van der Waals surface area contributed by atoms with E-state index in [9.17, 15) is 5.26 Å². The first-order valence-corrected chi connectivity index (χ1v) is 6.62. The second kappa shape index (κ2) is 4.39. The van der Waals surface area contributed by atoms with Crippen molar-refractivity contribution in [1.29, 1.82) is 5.26 Å². The van der Waals surface area contributed by atoms with Gasteiger partial charge in [0.1, 0.15) is 5.75 Å². The molecule has 3 heteroatoms. The topological polar surface area (TPSA) is 33.0 Å². The maximum absolute atomic E-state index is 9.35. The second-order valence-electron chi connectivity index (χ2n) is 4.11.